The molecule has 0 saturated carbocycles. The zero-order valence-electron chi connectivity index (χ0n) is 6.52. The van der Waals surface area contributed by atoms with Crippen molar-refractivity contribution >= 4 is 17.6 Å². The molecule has 0 bridgehead atoms. The maximum atomic E-state index is 12.3. The van der Waals surface area contributed by atoms with Crippen molar-refractivity contribution in [3.05, 3.63) is 28.5 Å². The van der Waals surface area contributed by atoms with Crippen LogP contribution in [-0.4, -0.2) is 16.1 Å². The molecule has 0 amide bonds. The van der Waals surface area contributed by atoms with E-state index in [0.717, 1.165) is 0 Å². The first-order chi connectivity index (χ1) is 6.32. The van der Waals surface area contributed by atoms with Crippen molar-refractivity contribution < 1.29 is 23.1 Å². The van der Waals surface area contributed by atoms with Gasteiger partial charge in [0.1, 0.15) is 5.15 Å². The maximum absolute atomic E-state index is 12.3. The number of aromatic nitrogens is 1. The average molecular weight is 227 g/mol. The summed E-state index contributed by atoms with van der Waals surface area (Å²) >= 11 is 5.24. The Morgan fingerprint density at radius 2 is 2.07 bits per heavy atom. The first-order valence-electron chi connectivity index (χ1n) is 3.31. The predicted molar refractivity (Wildman–Crippen MR) is 42.2 cm³/mol. The summed E-state index contributed by atoms with van der Waals surface area (Å²) in [6, 6.07) is 0.517. The van der Waals surface area contributed by atoms with E-state index in [0.29, 0.717) is 12.3 Å². The molecule has 0 unspecified atom stereocenters. The lowest BCUT2D eigenvalue weighted by atomic mass is 10.1. The Morgan fingerprint density at radius 1 is 1.50 bits per heavy atom. The van der Waals surface area contributed by atoms with E-state index in [1.54, 1.807) is 0 Å². The minimum atomic E-state index is -4.71. The largest absolute Gasteiger partial charge is 0.561 e. The molecular formula is C7H4ClF3NO2+. The van der Waals surface area contributed by atoms with Crippen molar-refractivity contribution in [2.24, 2.45) is 0 Å². The molecule has 0 atom stereocenters. The fourth-order valence-corrected chi connectivity index (χ4v) is 1.00. The predicted octanol–water partition coefficient (Wildman–Crippen LogP) is 1.62. The first kappa shape index (κ1) is 10.8. The Balaban J connectivity index is 3.38. The van der Waals surface area contributed by atoms with Gasteiger partial charge in [-0.3, -0.25) is 0 Å². The highest BCUT2D eigenvalue weighted by molar-refractivity contribution is 6.29. The van der Waals surface area contributed by atoms with Crippen LogP contribution in [-0.2, 0) is 6.18 Å². The summed E-state index contributed by atoms with van der Waals surface area (Å²) in [5.74, 6) is -1.44. The third kappa shape index (κ3) is 2.14. The maximum Gasteiger partial charge on any atom is 0.551 e. The standard InChI is InChI=1S/C7H3ClF3NO2/c8-5-1-4(7(9,10)11)3(2-12-5)6(13)14/h1-2H,(H,13,14)/p+1. The normalized spacial score (nSPS) is 11.4. The molecule has 76 valence electrons. The number of hydrogen-bond acceptors (Lipinski definition) is 2. The molecule has 0 aliphatic carbocycles. The molecule has 1 aromatic rings. The summed E-state index contributed by atoms with van der Waals surface area (Å²) in [6.45, 7) is 0. The molecule has 0 fully saturated rings. The van der Waals surface area contributed by atoms with E-state index >= 15 is 0 Å². The SMILES string of the molecule is O=C([OH2+])c1cnc(Cl)cc1C(F)(F)F. The number of alkyl halides is 3. The van der Waals surface area contributed by atoms with Crippen LogP contribution in [0.25, 0.3) is 0 Å². The van der Waals surface area contributed by atoms with Crippen LogP contribution in [0.15, 0.2) is 12.3 Å². The zero-order valence-corrected chi connectivity index (χ0v) is 7.28. The first-order valence-corrected chi connectivity index (χ1v) is 3.69. The molecule has 0 aliphatic heterocycles. The number of pyridine rings is 1. The van der Waals surface area contributed by atoms with Gasteiger partial charge in [-0.2, -0.15) is 13.2 Å². The van der Waals surface area contributed by atoms with E-state index in [1.165, 1.54) is 0 Å². The van der Waals surface area contributed by atoms with E-state index in [1.807, 2.05) is 0 Å². The van der Waals surface area contributed by atoms with Crippen LogP contribution in [0, 0.1) is 0 Å². The number of carbonyl (C=O) groups excluding carboxylic acids is 1. The number of rotatable bonds is 1. The third-order valence-electron chi connectivity index (χ3n) is 1.42. The topological polar surface area (TPSA) is 52.9 Å². The molecule has 0 radical (unpaired) electrons. The minimum Gasteiger partial charge on any atom is -0.561 e. The Morgan fingerprint density at radius 3 is 2.50 bits per heavy atom. The van der Waals surface area contributed by atoms with Gasteiger partial charge in [0, 0.05) is 11.0 Å². The second kappa shape index (κ2) is 3.45. The highest BCUT2D eigenvalue weighted by Crippen LogP contribution is 2.32. The monoisotopic (exact) mass is 226 g/mol. The van der Waals surface area contributed by atoms with Crippen LogP contribution < -0.4 is 0 Å². The number of carbonyl (C=O) groups is 1. The molecule has 1 aromatic heterocycles. The lowest BCUT2D eigenvalue weighted by molar-refractivity contribution is -0.138. The Hall–Kier alpha value is -1.30. The van der Waals surface area contributed by atoms with Gasteiger partial charge in [-0.05, 0) is 6.07 Å². The smallest absolute Gasteiger partial charge is 0.551 e. The summed E-state index contributed by atoms with van der Waals surface area (Å²) in [6.07, 6.45) is -4.07. The van der Waals surface area contributed by atoms with E-state index < -0.39 is 23.3 Å². The van der Waals surface area contributed by atoms with E-state index in [4.69, 9.17) is 16.7 Å². The molecule has 7 heteroatoms. The summed E-state index contributed by atoms with van der Waals surface area (Å²) in [5, 5.41) is 6.22. The number of nitrogens with zero attached hydrogens (tertiary/aromatic N) is 1. The van der Waals surface area contributed by atoms with Crippen molar-refractivity contribution in [1.29, 1.82) is 0 Å². The molecule has 1 rings (SSSR count). The molecule has 0 aromatic carbocycles. The van der Waals surface area contributed by atoms with Gasteiger partial charge in [0.05, 0.1) is 5.56 Å². The van der Waals surface area contributed by atoms with Gasteiger partial charge in [0.15, 0.2) is 5.56 Å². The van der Waals surface area contributed by atoms with E-state index in [9.17, 15) is 18.0 Å². The number of halogens is 4. The van der Waals surface area contributed by atoms with Crippen molar-refractivity contribution in [3.63, 3.8) is 0 Å². The van der Waals surface area contributed by atoms with Gasteiger partial charge in [-0.1, -0.05) is 11.6 Å². The van der Waals surface area contributed by atoms with Crippen molar-refractivity contribution in [2.75, 3.05) is 0 Å². The molecule has 14 heavy (non-hydrogen) atoms. The fraction of sp³-hybridized carbons (Fsp3) is 0.143. The Kier molecular flexibility index (Phi) is 2.66. The summed E-state index contributed by atoms with van der Waals surface area (Å²) in [7, 11) is 0. The summed E-state index contributed by atoms with van der Waals surface area (Å²) in [5.41, 5.74) is -2.04. The lowest BCUT2D eigenvalue weighted by Crippen LogP contribution is -2.13. The van der Waals surface area contributed by atoms with Crippen LogP contribution in [0.3, 0.4) is 0 Å². The zero-order chi connectivity index (χ0) is 10.9. The van der Waals surface area contributed by atoms with Crippen LogP contribution in [0.2, 0.25) is 5.15 Å². The van der Waals surface area contributed by atoms with Crippen LogP contribution in [0.4, 0.5) is 13.2 Å². The molecule has 0 spiro atoms. The Labute approximate surface area is 81.1 Å². The summed E-state index contributed by atoms with van der Waals surface area (Å²) < 4.78 is 36.8. The van der Waals surface area contributed by atoms with Crippen molar-refractivity contribution in [3.8, 4) is 0 Å². The van der Waals surface area contributed by atoms with Gasteiger partial charge >= 0.3 is 12.1 Å². The average Bonchev–Trinajstić information content (AvgIpc) is 2.01. The van der Waals surface area contributed by atoms with E-state index in [-0.39, 0.29) is 5.15 Å². The highest BCUT2D eigenvalue weighted by atomic mass is 35.5. The second-order valence-corrected chi connectivity index (χ2v) is 2.77. The lowest BCUT2D eigenvalue weighted by Gasteiger charge is -2.07. The van der Waals surface area contributed by atoms with Crippen molar-refractivity contribution in [1.82, 2.24) is 4.98 Å². The molecule has 2 N–H and O–H groups in total. The van der Waals surface area contributed by atoms with E-state index in [2.05, 4.69) is 4.98 Å². The molecule has 1 heterocycles. The molecular weight excluding hydrogens is 223 g/mol. The van der Waals surface area contributed by atoms with Gasteiger partial charge in [-0.15, -0.1) is 0 Å². The van der Waals surface area contributed by atoms with Gasteiger partial charge in [0.25, 0.3) is 0 Å². The van der Waals surface area contributed by atoms with Crippen LogP contribution >= 0.6 is 11.6 Å². The van der Waals surface area contributed by atoms with Crippen LogP contribution in [0.1, 0.15) is 15.9 Å². The minimum absolute atomic E-state index is 0.373. The van der Waals surface area contributed by atoms with Gasteiger partial charge in [0.2, 0.25) is 0 Å². The highest BCUT2D eigenvalue weighted by Gasteiger charge is 2.38. The molecule has 0 aliphatic rings. The second-order valence-electron chi connectivity index (χ2n) is 2.38. The van der Waals surface area contributed by atoms with Crippen molar-refractivity contribution in [2.45, 2.75) is 6.18 Å². The summed E-state index contributed by atoms with van der Waals surface area (Å²) in [4.78, 5) is 13.8. The van der Waals surface area contributed by atoms with Crippen LogP contribution in [0.5, 0.6) is 0 Å². The number of hydrogen-bond donors (Lipinski definition) is 0. The molecule has 0 saturated heterocycles. The molecule has 3 nitrogen and oxygen atoms in total. The third-order valence-corrected chi connectivity index (χ3v) is 1.63. The van der Waals surface area contributed by atoms with Gasteiger partial charge in [-0.25, -0.2) is 4.98 Å². The fourth-order valence-electron chi connectivity index (χ4n) is 0.845. The quantitative estimate of drug-likeness (QED) is 0.540. The van der Waals surface area contributed by atoms with Gasteiger partial charge < -0.3 is 5.11 Å². The Bertz CT molecular complexity index is 378.